The van der Waals surface area contributed by atoms with E-state index in [1.165, 1.54) is 11.1 Å². The second-order valence-corrected chi connectivity index (χ2v) is 3.57. The monoisotopic (exact) mass is 187 g/mol. The van der Waals surface area contributed by atoms with Crippen LogP contribution >= 0.6 is 0 Å². The number of rotatable bonds is 4. The van der Waals surface area contributed by atoms with E-state index in [1.807, 2.05) is 12.2 Å². The first-order valence-electron chi connectivity index (χ1n) is 4.70. The Balaban J connectivity index is 3.14. The summed E-state index contributed by atoms with van der Waals surface area (Å²) in [6.07, 6.45) is 3.77. The zero-order chi connectivity index (χ0) is 10.6. The summed E-state index contributed by atoms with van der Waals surface area (Å²) >= 11 is 0. The first-order chi connectivity index (χ1) is 6.69. The third kappa shape index (κ3) is 2.33. The molecule has 0 saturated heterocycles. The molecule has 0 saturated carbocycles. The fourth-order valence-electron chi connectivity index (χ4n) is 1.54. The van der Waals surface area contributed by atoms with E-state index in [2.05, 4.69) is 50.4 Å². The van der Waals surface area contributed by atoms with E-state index in [4.69, 9.17) is 0 Å². The van der Waals surface area contributed by atoms with E-state index in [1.54, 1.807) is 0 Å². The Bertz CT molecular complexity index is 337. The molecule has 1 aromatic carbocycles. The van der Waals surface area contributed by atoms with E-state index in [0.717, 1.165) is 12.1 Å². The molecule has 0 aliphatic carbocycles. The van der Waals surface area contributed by atoms with Crippen LogP contribution in [0.4, 0.5) is 0 Å². The topological polar surface area (TPSA) is 3.24 Å². The highest BCUT2D eigenvalue weighted by Gasteiger charge is 2.03. The number of hydrogen-bond donors (Lipinski definition) is 0. The molecule has 0 bridgehead atoms. The molecule has 0 aliphatic heterocycles. The van der Waals surface area contributed by atoms with E-state index in [-0.39, 0.29) is 0 Å². The average Bonchev–Trinajstić information content (AvgIpc) is 2.16. The first kappa shape index (κ1) is 10.7. The first-order valence-corrected chi connectivity index (χ1v) is 4.70. The van der Waals surface area contributed by atoms with Crippen LogP contribution in [0.25, 0.3) is 12.2 Å². The summed E-state index contributed by atoms with van der Waals surface area (Å²) in [5.74, 6) is 0. The molecule has 0 aliphatic rings. The van der Waals surface area contributed by atoms with Crippen molar-refractivity contribution in [3.05, 3.63) is 48.0 Å². The van der Waals surface area contributed by atoms with Crippen molar-refractivity contribution in [1.29, 1.82) is 0 Å². The molecular weight excluding hydrogens is 170 g/mol. The number of benzene rings is 1. The van der Waals surface area contributed by atoms with Crippen LogP contribution in [0.5, 0.6) is 0 Å². The second kappa shape index (κ2) is 4.77. The molecule has 0 amide bonds. The van der Waals surface area contributed by atoms with Gasteiger partial charge in [-0.2, -0.15) is 0 Å². The van der Waals surface area contributed by atoms with Gasteiger partial charge in [-0.15, -0.1) is 0 Å². The minimum atomic E-state index is 0.934. The molecule has 0 fully saturated rings. The summed E-state index contributed by atoms with van der Waals surface area (Å²) in [6.45, 7) is 8.57. The highest BCUT2D eigenvalue weighted by atomic mass is 15.0. The highest BCUT2D eigenvalue weighted by molar-refractivity contribution is 5.66. The van der Waals surface area contributed by atoms with Gasteiger partial charge in [0.25, 0.3) is 0 Å². The van der Waals surface area contributed by atoms with Crippen molar-refractivity contribution in [1.82, 2.24) is 4.90 Å². The Morgan fingerprint density at radius 2 is 1.93 bits per heavy atom. The molecule has 0 atom stereocenters. The van der Waals surface area contributed by atoms with Gasteiger partial charge < -0.3 is 4.90 Å². The molecule has 1 heteroatoms. The average molecular weight is 187 g/mol. The van der Waals surface area contributed by atoms with E-state index >= 15 is 0 Å². The SMILES string of the molecule is C=Cc1cccc(CN(C)C)c1C=C. The van der Waals surface area contributed by atoms with Crippen LogP contribution in [0.3, 0.4) is 0 Å². The van der Waals surface area contributed by atoms with Crippen molar-refractivity contribution in [2.24, 2.45) is 0 Å². The zero-order valence-corrected chi connectivity index (χ0v) is 8.96. The molecule has 0 N–H and O–H groups in total. The Kier molecular flexibility index (Phi) is 3.66. The molecule has 0 spiro atoms. The van der Waals surface area contributed by atoms with Gasteiger partial charge in [-0.25, -0.2) is 0 Å². The maximum atomic E-state index is 3.84. The maximum absolute atomic E-state index is 3.84. The smallest absolute Gasteiger partial charge is 0.0233 e. The summed E-state index contributed by atoms with van der Waals surface area (Å²) in [4.78, 5) is 2.15. The van der Waals surface area contributed by atoms with Crippen LogP contribution in [0.1, 0.15) is 16.7 Å². The van der Waals surface area contributed by atoms with Crippen molar-refractivity contribution in [3.63, 3.8) is 0 Å². The molecule has 1 aromatic rings. The maximum Gasteiger partial charge on any atom is 0.0233 e. The van der Waals surface area contributed by atoms with Crippen LogP contribution < -0.4 is 0 Å². The van der Waals surface area contributed by atoms with Crippen LogP contribution in [0.2, 0.25) is 0 Å². The van der Waals surface area contributed by atoms with Gasteiger partial charge in [0.05, 0.1) is 0 Å². The molecule has 14 heavy (non-hydrogen) atoms. The lowest BCUT2D eigenvalue weighted by molar-refractivity contribution is 0.402. The van der Waals surface area contributed by atoms with Gasteiger partial charge in [-0.05, 0) is 30.8 Å². The largest absolute Gasteiger partial charge is 0.305 e. The van der Waals surface area contributed by atoms with Crippen LogP contribution in [0, 0.1) is 0 Å². The molecular formula is C13H17N. The van der Waals surface area contributed by atoms with Gasteiger partial charge in [-0.1, -0.05) is 43.5 Å². The minimum absolute atomic E-state index is 0.934. The Labute approximate surface area is 86.4 Å². The van der Waals surface area contributed by atoms with Gasteiger partial charge in [0.15, 0.2) is 0 Å². The summed E-state index contributed by atoms with van der Waals surface area (Å²) in [5.41, 5.74) is 3.64. The lowest BCUT2D eigenvalue weighted by Crippen LogP contribution is -2.11. The van der Waals surface area contributed by atoms with E-state index in [9.17, 15) is 0 Å². The fourth-order valence-corrected chi connectivity index (χ4v) is 1.54. The standard InChI is InChI=1S/C13H17N/c1-5-11-8-7-9-12(10-14(3)4)13(11)6-2/h5-9H,1-2,10H2,3-4H3. The van der Waals surface area contributed by atoms with Crippen LogP contribution in [-0.4, -0.2) is 19.0 Å². The Morgan fingerprint density at radius 3 is 2.43 bits per heavy atom. The van der Waals surface area contributed by atoms with Gasteiger partial charge in [0.2, 0.25) is 0 Å². The minimum Gasteiger partial charge on any atom is -0.305 e. The van der Waals surface area contributed by atoms with E-state index in [0.29, 0.717) is 0 Å². The molecule has 0 radical (unpaired) electrons. The molecule has 1 rings (SSSR count). The summed E-state index contributed by atoms with van der Waals surface area (Å²) in [6, 6.07) is 6.25. The molecule has 0 aromatic heterocycles. The third-order valence-electron chi connectivity index (χ3n) is 2.14. The molecule has 1 nitrogen and oxygen atoms in total. The second-order valence-electron chi connectivity index (χ2n) is 3.57. The fraction of sp³-hybridized carbons (Fsp3) is 0.231. The van der Waals surface area contributed by atoms with Crippen molar-refractivity contribution in [2.75, 3.05) is 14.1 Å². The van der Waals surface area contributed by atoms with Gasteiger partial charge in [-0.3, -0.25) is 0 Å². The number of hydrogen-bond acceptors (Lipinski definition) is 1. The quantitative estimate of drug-likeness (QED) is 0.700. The predicted molar refractivity (Wildman–Crippen MR) is 64.0 cm³/mol. The number of nitrogens with zero attached hydrogens (tertiary/aromatic N) is 1. The molecule has 0 unspecified atom stereocenters. The predicted octanol–water partition coefficient (Wildman–Crippen LogP) is 3.03. The van der Waals surface area contributed by atoms with E-state index < -0.39 is 0 Å². The molecule has 0 heterocycles. The van der Waals surface area contributed by atoms with Gasteiger partial charge in [0, 0.05) is 6.54 Å². The summed E-state index contributed by atoms with van der Waals surface area (Å²) in [5, 5.41) is 0. The van der Waals surface area contributed by atoms with Crippen LogP contribution in [-0.2, 0) is 6.54 Å². The summed E-state index contributed by atoms with van der Waals surface area (Å²) < 4.78 is 0. The van der Waals surface area contributed by atoms with Crippen molar-refractivity contribution < 1.29 is 0 Å². The van der Waals surface area contributed by atoms with Gasteiger partial charge in [0.1, 0.15) is 0 Å². The Morgan fingerprint density at radius 1 is 1.21 bits per heavy atom. The van der Waals surface area contributed by atoms with Crippen molar-refractivity contribution >= 4 is 12.2 Å². The Hall–Kier alpha value is -1.34. The van der Waals surface area contributed by atoms with Crippen LogP contribution in [0.15, 0.2) is 31.4 Å². The summed E-state index contributed by atoms with van der Waals surface area (Å²) in [7, 11) is 4.13. The molecule has 74 valence electrons. The van der Waals surface area contributed by atoms with Crippen molar-refractivity contribution in [2.45, 2.75) is 6.54 Å². The highest BCUT2D eigenvalue weighted by Crippen LogP contribution is 2.18. The van der Waals surface area contributed by atoms with Gasteiger partial charge >= 0.3 is 0 Å². The third-order valence-corrected chi connectivity index (χ3v) is 2.14. The lowest BCUT2D eigenvalue weighted by atomic mass is 10.0. The van der Waals surface area contributed by atoms with Crippen molar-refractivity contribution in [3.8, 4) is 0 Å². The normalized spacial score (nSPS) is 10.2. The lowest BCUT2D eigenvalue weighted by Gasteiger charge is -2.13. The zero-order valence-electron chi connectivity index (χ0n) is 8.96.